The Kier molecular flexibility index (Phi) is 7.49. The minimum atomic E-state index is -5.07. The van der Waals surface area contributed by atoms with Crippen LogP contribution in [-0.4, -0.2) is 16.2 Å². The Bertz CT molecular complexity index is 1630. The van der Waals surface area contributed by atoms with E-state index in [4.69, 9.17) is 0 Å². The molecule has 4 aromatic carbocycles. The maximum absolute atomic E-state index is 13.7. The zero-order valence-electron chi connectivity index (χ0n) is 21.5. The lowest BCUT2D eigenvalue weighted by Gasteiger charge is -2.26. The second kappa shape index (κ2) is 10.6. The summed E-state index contributed by atoms with van der Waals surface area (Å²) in [5.74, 6) is 0. The van der Waals surface area contributed by atoms with Gasteiger partial charge in [0.25, 0.3) is 5.24 Å². The highest BCUT2D eigenvalue weighted by molar-refractivity contribution is 8.14. The SMILES string of the molecule is CC1C(c2cc(C(F)(F)F)cc(C(F)(F)F)c2)SC(=O)N1Cc1cc(C(F)(F)F)ccc1-c1ccc2ccccc2c1. The van der Waals surface area contributed by atoms with Gasteiger partial charge in [-0.3, -0.25) is 4.79 Å². The number of thioether (sulfide) groups is 1. The number of fused-ring (bicyclic) bond motifs is 1. The third-order valence-electron chi connectivity index (χ3n) is 7.16. The number of hydrogen-bond acceptors (Lipinski definition) is 2. The largest absolute Gasteiger partial charge is 0.416 e. The van der Waals surface area contributed by atoms with E-state index < -0.39 is 51.8 Å². The molecule has 0 N–H and O–H groups in total. The van der Waals surface area contributed by atoms with Gasteiger partial charge in [-0.15, -0.1) is 0 Å². The fourth-order valence-corrected chi connectivity index (χ4v) is 6.23. The molecule has 1 aliphatic heterocycles. The molecule has 1 fully saturated rings. The van der Waals surface area contributed by atoms with E-state index in [9.17, 15) is 44.3 Å². The first kappa shape index (κ1) is 29.8. The summed E-state index contributed by atoms with van der Waals surface area (Å²) >= 11 is 0.536. The first-order valence-corrected chi connectivity index (χ1v) is 13.4. The Hall–Kier alpha value is -3.67. The number of amides is 1. The van der Waals surface area contributed by atoms with Crippen molar-refractivity contribution in [1.82, 2.24) is 4.90 Å². The Labute approximate surface area is 238 Å². The number of nitrogens with zero attached hydrogens (tertiary/aromatic N) is 1. The molecule has 1 amide bonds. The lowest BCUT2D eigenvalue weighted by molar-refractivity contribution is -0.143. The summed E-state index contributed by atoms with van der Waals surface area (Å²) in [7, 11) is 0. The van der Waals surface area contributed by atoms with Crippen molar-refractivity contribution in [3.8, 4) is 11.1 Å². The van der Waals surface area contributed by atoms with Gasteiger partial charge in [0.1, 0.15) is 0 Å². The highest BCUT2D eigenvalue weighted by Crippen LogP contribution is 2.47. The fourth-order valence-electron chi connectivity index (χ4n) is 5.03. The van der Waals surface area contributed by atoms with Crippen LogP contribution in [0.2, 0.25) is 0 Å². The van der Waals surface area contributed by atoms with Gasteiger partial charge >= 0.3 is 18.5 Å². The summed E-state index contributed by atoms with van der Waals surface area (Å²) in [4.78, 5) is 14.2. The zero-order valence-corrected chi connectivity index (χ0v) is 22.3. The molecule has 0 aromatic heterocycles. The second-order valence-corrected chi connectivity index (χ2v) is 11.0. The van der Waals surface area contributed by atoms with Gasteiger partial charge in [-0.25, -0.2) is 0 Å². The average molecular weight is 614 g/mol. The first-order chi connectivity index (χ1) is 19.5. The molecule has 4 aromatic rings. The summed E-state index contributed by atoms with van der Waals surface area (Å²) in [5, 5.41) is -0.0835. The van der Waals surface area contributed by atoms with Crippen molar-refractivity contribution in [2.75, 3.05) is 0 Å². The minimum Gasteiger partial charge on any atom is -0.325 e. The maximum atomic E-state index is 13.7. The first-order valence-electron chi connectivity index (χ1n) is 12.5. The van der Waals surface area contributed by atoms with Crippen LogP contribution in [0.25, 0.3) is 21.9 Å². The predicted octanol–water partition coefficient (Wildman–Crippen LogP) is 10.4. The van der Waals surface area contributed by atoms with Gasteiger partial charge in [-0.05, 0) is 76.3 Å². The van der Waals surface area contributed by atoms with Crippen LogP contribution in [0.1, 0.15) is 40.0 Å². The van der Waals surface area contributed by atoms with E-state index in [1.165, 1.54) is 17.9 Å². The van der Waals surface area contributed by atoms with E-state index >= 15 is 0 Å². The van der Waals surface area contributed by atoms with Gasteiger partial charge in [0.15, 0.2) is 0 Å². The fraction of sp³-hybridized carbons (Fsp3) is 0.233. The van der Waals surface area contributed by atoms with Crippen LogP contribution in [0.15, 0.2) is 78.9 Å². The number of benzene rings is 4. The number of rotatable bonds is 4. The number of alkyl halides is 9. The molecule has 2 unspecified atom stereocenters. The van der Waals surface area contributed by atoms with Gasteiger partial charge in [-0.1, -0.05) is 54.2 Å². The summed E-state index contributed by atoms with van der Waals surface area (Å²) in [5.41, 5.74) is -3.23. The second-order valence-electron chi connectivity index (χ2n) is 9.94. The summed E-state index contributed by atoms with van der Waals surface area (Å²) in [6.45, 7) is 1.10. The molecule has 0 aliphatic carbocycles. The minimum absolute atomic E-state index is 0.00580. The molecule has 2 atom stereocenters. The third-order valence-corrected chi connectivity index (χ3v) is 8.52. The highest BCUT2D eigenvalue weighted by atomic mass is 32.2. The maximum Gasteiger partial charge on any atom is 0.416 e. The molecule has 0 saturated carbocycles. The molecular weight excluding hydrogens is 593 g/mol. The van der Waals surface area contributed by atoms with E-state index in [0.717, 1.165) is 22.9 Å². The van der Waals surface area contributed by atoms with Crippen molar-refractivity contribution in [3.05, 3.63) is 107 Å². The Morgan fingerprint density at radius 3 is 1.88 bits per heavy atom. The smallest absolute Gasteiger partial charge is 0.325 e. The van der Waals surface area contributed by atoms with Crippen LogP contribution in [0.4, 0.5) is 44.3 Å². The number of hydrogen-bond donors (Lipinski definition) is 0. The van der Waals surface area contributed by atoms with Crippen molar-refractivity contribution in [1.29, 1.82) is 0 Å². The molecule has 1 heterocycles. The van der Waals surface area contributed by atoms with Crippen molar-refractivity contribution >= 4 is 27.8 Å². The quantitative estimate of drug-likeness (QED) is 0.214. The lowest BCUT2D eigenvalue weighted by Crippen LogP contribution is -2.31. The molecule has 0 spiro atoms. The molecule has 0 radical (unpaired) electrons. The molecule has 2 nitrogen and oxygen atoms in total. The molecule has 5 rings (SSSR count). The molecule has 12 heteroatoms. The molecule has 42 heavy (non-hydrogen) atoms. The van der Waals surface area contributed by atoms with Gasteiger partial charge in [-0.2, -0.15) is 39.5 Å². The molecule has 220 valence electrons. The van der Waals surface area contributed by atoms with Crippen LogP contribution in [0, 0.1) is 0 Å². The summed E-state index contributed by atoms with van der Waals surface area (Å²) in [6, 6.07) is 16.0. The van der Waals surface area contributed by atoms with Gasteiger partial charge in [0.05, 0.1) is 21.9 Å². The van der Waals surface area contributed by atoms with Crippen molar-refractivity contribution in [2.45, 2.75) is 43.3 Å². The standard InChI is InChI=1S/C30H20F9NOS/c1-16-26(20-11-23(29(34,35)36)14-24(12-20)30(37,38)39)42-27(41)40(16)15-21-13-22(28(31,32)33)8-9-25(21)19-7-6-17-4-2-3-5-18(17)10-19/h2-14,16,26H,15H2,1H3. The van der Waals surface area contributed by atoms with Crippen LogP contribution in [0.5, 0.6) is 0 Å². The lowest BCUT2D eigenvalue weighted by atomic mass is 9.94. The van der Waals surface area contributed by atoms with E-state index in [1.807, 2.05) is 18.2 Å². The Balaban J connectivity index is 1.54. The van der Waals surface area contributed by atoms with Gasteiger partial charge < -0.3 is 4.90 Å². The monoisotopic (exact) mass is 613 g/mol. The Morgan fingerprint density at radius 1 is 0.690 bits per heavy atom. The van der Waals surface area contributed by atoms with Gasteiger partial charge in [0.2, 0.25) is 0 Å². The van der Waals surface area contributed by atoms with Crippen LogP contribution < -0.4 is 0 Å². The van der Waals surface area contributed by atoms with E-state index in [2.05, 4.69) is 0 Å². The van der Waals surface area contributed by atoms with Crippen molar-refractivity contribution in [2.24, 2.45) is 0 Å². The Morgan fingerprint density at radius 2 is 1.29 bits per heavy atom. The zero-order chi connectivity index (χ0) is 30.6. The number of carbonyl (C=O) groups is 1. The van der Waals surface area contributed by atoms with Crippen LogP contribution in [0.3, 0.4) is 0 Å². The topological polar surface area (TPSA) is 20.3 Å². The van der Waals surface area contributed by atoms with Gasteiger partial charge in [0, 0.05) is 12.6 Å². The number of carbonyl (C=O) groups excluding carboxylic acids is 1. The molecular formula is C30H20F9NOS. The van der Waals surface area contributed by atoms with Crippen LogP contribution in [-0.2, 0) is 25.1 Å². The van der Waals surface area contributed by atoms with Crippen molar-refractivity contribution in [3.63, 3.8) is 0 Å². The molecule has 1 saturated heterocycles. The third kappa shape index (κ3) is 5.95. The molecule has 1 aliphatic rings. The average Bonchev–Trinajstić information content (AvgIpc) is 3.19. The van der Waals surface area contributed by atoms with Crippen LogP contribution >= 0.6 is 11.8 Å². The highest BCUT2D eigenvalue weighted by Gasteiger charge is 2.43. The summed E-state index contributed by atoms with van der Waals surface area (Å²) in [6.07, 6.45) is -14.8. The van der Waals surface area contributed by atoms with E-state index in [1.54, 1.807) is 24.3 Å². The summed E-state index contributed by atoms with van der Waals surface area (Å²) < 4.78 is 122. The van der Waals surface area contributed by atoms with E-state index in [-0.39, 0.29) is 23.7 Å². The molecule has 0 bridgehead atoms. The van der Waals surface area contributed by atoms with E-state index in [0.29, 0.717) is 35.0 Å². The predicted molar refractivity (Wildman–Crippen MR) is 142 cm³/mol. The normalized spacial score (nSPS) is 18.2. The number of halogens is 9. The van der Waals surface area contributed by atoms with Crippen molar-refractivity contribution < 1.29 is 44.3 Å².